The van der Waals surface area contributed by atoms with Crippen molar-refractivity contribution in [1.82, 2.24) is 9.78 Å². The first kappa shape index (κ1) is 13.0. The Morgan fingerprint density at radius 2 is 2.05 bits per heavy atom. The van der Waals surface area contributed by atoms with E-state index < -0.39 is 0 Å². The van der Waals surface area contributed by atoms with Crippen molar-refractivity contribution >= 4 is 5.82 Å². The van der Waals surface area contributed by atoms with E-state index >= 15 is 0 Å². The summed E-state index contributed by atoms with van der Waals surface area (Å²) in [5.41, 5.74) is 3.63. The van der Waals surface area contributed by atoms with Gasteiger partial charge in [0.1, 0.15) is 11.6 Å². The van der Waals surface area contributed by atoms with Gasteiger partial charge in [0.05, 0.1) is 12.8 Å². The molecule has 4 nitrogen and oxygen atoms in total. The lowest BCUT2D eigenvalue weighted by molar-refractivity contribution is 0.415. The van der Waals surface area contributed by atoms with E-state index in [-0.39, 0.29) is 0 Å². The Morgan fingerprint density at radius 3 is 2.75 bits per heavy atom. The van der Waals surface area contributed by atoms with Gasteiger partial charge in [0.2, 0.25) is 0 Å². The molecule has 2 aromatic rings. The predicted molar refractivity (Wildman–Crippen MR) is 81.3 cm³/mol. The first-order valence-corrected chi connectivity index (χ1v) is 7.31. The van der Waals surface area contributed by atoms with Gasteiger partial charge in [-0.2, -0.15) is 5.10 Å². The summed E-state index contributed by atoms with van der Waals surface area (Å²) < 4.78 is 7.31. The van der Waals surface area contributed by atoms with Gasteiger partial charge in [-0.05, 0) is 50.5 Å². The number of fused-ring (bicyclic) bond motifs is 1. The van der Waals surface area contributed by atoms with Gasteiger partial charge in [-0.1, -0.05) is 0 Å². The molecule has 0 saturated carbocycles. The maximum absolute atomic E-state index is 5.23. The molecular formula is C16H21N3O. The fourth-order valence-electron chi connectivity index (χ4n) is 2.78. The Kier molecular flexibility index (Phi) is 3.63. The van der Waals surface area contributed by atoms with Gasteiger partial charge in [-0.3, -0.25) is 0 Å². The molecule has 0 spiro atoms. The zero-order valence-electron chi connectivity index (χ0n) is 12.1. The van der Waals surface area contributed by atoms with Gasteiger partial charge < -0.3 is 10.1 Å². The lowest BCUT2D eigenvalue weighted by Gasteiger charge is -2.06. The van der Waals surface area contributed by atoms with Crippen molar-refractivity contribution in [2.75, 3.05) is 19.0 Å². The van der Waals surface area contributed by atoms with Crippen LogP contribution < -0.4 is 10.1 Å². The van der Waals surface area contributed by atoms with E-state index in [9.17, 15) is 0 Å². The number of rotatable bonds is 3. The van der Waals surface area contributed by atoms with Crippen LogP contribution in [0.25, 0.3) is 11.3 Å². The quantitative estimate of drug-likeness (QED) is 0.930. The Balaban J connectivity index is 2.05. The molecule has 1 aromatic carbocycles. The van der Waals surface area contributed by atoms with E-state index in [4.69, 9.17) is 9.84 Å². The summed E-state index contributed by atoms with van der Waals surface area (Å²) in [6.07, 6.45) is 3.54. The van der Waals surface area contributed by atoms with Crippen molar-refractivity contribution in [2.24, 2.45) is 0 Å². The van der Waals surface area contributed by atoms with Crippen molar-refractivity contribution in [3.63, 3.8) is 0 Å². The Labute approximate surface area is 119 Å². The number of anilines is 1. The maximum Gasteiger partial charge on any atom is 0.128 e. The number of methoxy groups -OCH3 is 1. The summed E-state index contributed by atoms with van der Waals surface area (Å²) >= 11 is 0. The molecule has 0 bridgehead atoms. The molecule has 0 radical (unpaired) electrons. The zero-order chi connectivity index (χ0) is 13.9. The Morgan fingerprint density at radius 1 is 1.25 bits per heavy atom. The number of aromatic nitrogens is 2. The molecule has 0 unspecified atom stereocenters. The second kappa shape index (κ2) is 5.57. The monoisotopic (exact) mass is 271 g/mol. The molecule has 106 valence electrons. The Hall–Kier alpha value is -1.97. The van der Waals surface area contributed by atoms with Gasteiger partial charge in [0.25, 0.3) is 0 Å². The van der Waals surface area contributed by atoms with Gasteiger partial charge in [0.15, 0.2) is 0 Å². The first-order chi connectivity index (χ1) is 9.83. The topological polar surface area (TPSA) is 39.1 Å². The highest BCUT2D eigenvalue weighted by Crippen LogP contribution is 2.32. The second-order valence-corrected chi connectivity index (χ2v) is 5.10. The van der Waals surface area contributed by atoms with E-state index in [2.05, 4.69) is 29.1 Å². The lowest BCUT2D eigenvalue weighted by atomic mass is 10.0. The van der Waals surface area contributed by atoms with Gasteiger partial charge >= 0.3 is 0 Å². The first-order valence-electron chi connectivity index (χ1n) is 7.31. The van der Waals surface area contributed by atoms with E-state index in [0.717, 1.165) is 36.5 Å². The molecule has 20 heavy (non-hydrogen) atoms. The van der Waals surface area contributed by atoms with Crippen LogP contribution in [0.4, 0.5) is 5.82 Å². The van der Waals surface area contributed by atoms with Crippen molar-refractivity contribution in [3.8, 4) is 17.0 Å². The van der Waals surface area contributed by atoms with Gasteiger partial charge in [0, 0.05) is 24.2 Å². The third kappa shape index (κ3) is 2.26. The third-order valence-corrected chi connectivity index (χ3v) is 3.86. The van der Waals surface area contributed by atoms with Crippen LogP contribution >= 0.6 is 0 Å². The number of nitrogens with one attached hydrogen (secondary N) is 1. The summed E-state index contributed by atoms with van der Waals surface area (Å²) in [5, 5.41) is 8.32. The molecule has 0 amide bonds. The average Bonchev–Trinajstić information content (AvgIpc) is 2.68. The van der Waals surface area contributed by atoms with E-state index in [0.29, 0.717) is 0 Å². The molecule has 3 rings (SSSR count). The van der Waals surface area contributed by atoms with Crippen LogP contribution in [0.5, 0.6) is 5.75 Å². The fraction of sp³-hybridized carbons (Fsp3) is 0.438. The largest absolute Gasteiger partial charge is 0.497 e. The highest BCUT2D eigenvalue weighted by molar-refractivity contribution is 5.70. The summed E-state index contributed by atoms with van der Waals surface area (Å²) in [7, 11) is 1.69. The van der Waals surface area contributed by atoms with E-state index in [1.807, 2.05) is 12.1 Å². The molecule has 4 heteroatoms. The minimum atomic E-state index is 0.882. The highest BCUT2D eigenvalue weighted by Gasteiger charge is 2.19. The van der Waals surface area contributed by atoms with E-state index in [1.165, 1.54) is 24.2 Å². The minimum Gasteiger partial charge on any atom is -0.497 e. The summed E-state index contributed by atoms with van der Waals surface area (Å²) in [6, 6.07) is 8.17. The fourth-order valence-corrected chi connectivity index (χ4v) is 2.78. The number of aryl methyl sites for hydroxylation is 1. The molecule has 0 saturated heterocycles. The van der Waals surface area contributed by atoms with Crippen LogP contribution in [0.15, 0.2) is 24.3 Å². The van der Waals surface area contributed by atoms with Gasteiger partial charge in [-0.15, -0.1) is 0 Å². The van der Waals surface area contributed by atoms with Crippen LogP contribution in [0.3, 0.4) is 0 Å². The Bertz CT molecular complexity index is 587. The number of ether oxygens (including phenoxy) is 1. The summed E-state index contributed by atoms with van der Waals surface area (Å²) in [4.78, 5) is 0. The van der Waals surface area contributed by atoms with Crippen LogP contribution in [0, 0.1) is 0 Å². The number of nitrogens with zero attached hydrogens (tertiary/aromatic N) is 2. The molecule has 0 atom stereocenters. The second-order valence-electron chi connectivity index (χ2n) is 5.10. The van der Waals surface area contributed by atoms with Crippen molar-refractivity contribution < 1.29 is 4.74 Å². The van der Waals surface area contributed by atoms with E-state index in [1.54, 1.807) is 7.11 Å². The van der Waals surface area contributed by atoms with Crippen LogP contribution in [0.1, 0.15) is 25.3 Å². The zero-order valence-corrected chi connectivity index (χ0v) is 12.1. The molecular weight excluding hydrogens is 250 g/mol. The molecule has 0 fully saturated rings. The summed E-state index contributed by atoms with van der Waals surface area (Å²) in [5.74, 6) is 2.09. The SMILES string of the molecule is CCn1nc(-c2ccc(OC)cc2)c2c1NCCCC2. The van der Waals surface area contributed by atoms with Crippen molar-refractivity contribution in [3.05, 3.63) is 29.8 Å². The summed E-state index contributed by atoms with van der Waals surface area (Å²) in [6.45, 7) is 4.07. The van der Waals surface area contributed by atoms with Crippen molar-refractivity contribution in [2.45, 2.75) is 32.7 Å². The predicted octanol–water partition coefficient (Wildman–Crippen LogP) is 3.33. The third-order valence-electron chi connectivity index (χ3n) is 3.86. The average molecular weight is 271 g/mol. The smallest absolute Gasteiger partial charge is 0.128 e. The maximum atomic E-state index is 5.23. The number of benzene rings is 1. The molecule has 1 aromatic heterocycles. The standard InChI is InChI=1S/C16H21N3O/c1-3-19-16-14(6-4-5-11-17-16)15(18-19)12-7-9-13(20-2)10-8-12/h7-10,17H,3-6,11H2,1-2H3. The number of hydrogen-bond donors (Lipinski definition) is 1. The number of hydrogen-bond acceptors (Lipinski definition) is 3. The lowest BCUT2D eigenvalue weighted by Crippen LogP contribution is -2.07. The van der Waals surface area contributed by atoms with Crippen molar-refractivity contribution in [1.29, 1.82) is 0 Å². The van der Waals surface area contributed by atoms with Gasteiger partial charge in [-0.25, -0.2) is 4.68 Å². The molecule has 0 aliphatic carbocycles. The molecule has 2 heterocycles. The normalized spacial score (nSPS) is 14.3. The van der Waals surface area contributed by atoms with Crippen LogP contribution in [-0.4, -0.2) is 23.4 Å². The van der Waals surface area contributed by atoms with Crippen LogP contribution in [0.2, 0.25) is 0 Å². The minimum absolute atomic E-state index is 0.882. The molecule has 1 aliphatic rings. The van der Waals surface area contributed by atoms with Crippen LogP contribution in [-0.2, 0) is 13.0 Å². The molecule has 1 N–H and O–H groups in total. The molecule has 1 aliphatic heterocycles. The highest BCUT2D eigenvalue weighted by atomic mass is 16.5.